The van der Waals surface area contributed by atoms with Crippen molar-refractivity contribution in [2.45, 2.75) is 33.6 Å². The van der Waals surface area contributed by atoms with E-state index in [0.717, 1.165) is 12.8 Å². The Labute approximate surface area is 218 Å². The van der Waals surface area contributed by atoms with Gasteiger partial charge in [-0.3, -0.25) is 9.59 Å². The first-order valence-corrected chi connectivity index (χ1v) is 12.6. The molecule has 0 saturated heterocycles. The second-order valence-electron chi connectivity index (χ2n) is 9.85. The van der Waals surface area contributed by atoms with Crippen LogP contribution in [0.5, 0.6) is 17.2 Å². The normalized spacial score (nSPS) is 15.4. The topological polar surface area (TPSA) is 63.6 Å². The number of benzene rings is 3. The second kappa shape index (κ2) is 11.3. The maximum Gasteiger partial charge on any atom is 0.193 e. The van der Waals surface area contributed by atoms with Crippen LogP contribution in [0.4, 0.5) is 0 Å². The minimum Gasteiger partial charge on any atom is -0.508 e. The maximum atomic E-state index is 13.0. The molecule has 0 saturated carbocycles. The van der Waals surface area contributed by atoms with E-state index in [-0.39, 0.29) is 22.7 Å². The molecule has 0 aliphatic heterocycles. The van der Waals surface area contributed by atoms with Gasteiger partial charge in [0.1, 0.15) is 17.2 Å². The molecule has 1 unspecified atom stereocenters. The van der Waals surface area contributed by atoms with E-state index in [4.69, 9.17) is 4.74 Å². The summed E-state index contributed by atoms with van der Waals surface area (Å²) in [5.41, 5.74) is 2.41. The number of carbonyl (C=O) groups excluding carboxylic acids is 2. The first kappa shape index (κ1) is 25.9. The molecule has 3 aromatic rings. The van der Waals surface area contributed by atoms with Crippen molar-refractivity contribution in [1.29, 1.82) is 0 Å². The lowest BCUT2D eigenvalue weighted by Crippen LogP contribution is -2.21. The molecule has 0 radical (unpaired) electrons. The van der Waals surface area contributed by atoms with Gasteiger partial charge in [0.25, 0.3) is 0 Å². The molecule has 0 spiro atoms. The van der Waals surface area contributed by atoms with E-state index < -0.39 is 0 Å². The first-order valence-electron chi connectivity index (χ1n) is 12.6. The molecule has 0 fully saturated rings. The van der Waals surface area contributed by atoms with Crippen molar-refractivity contribution in [1.82, 2.24) is 0 Å². The van der Waals surface area contributed by atoms with Crippen molar-refractivity contribution in [2.24, 2.45) is 11.3 Å². The molecule has 4 rings (SSSR count). The number of ketones is 2. The molecule has 0 heterocycles. The minimum atomic E-state index is -0.132. The second-order valence-corrected chi connectivity index (χ2v) is 9.85. The van der Waals surface area contributed by atoms with Crippen LogP contribution in [-0.2, 0) is 0 Å². The van der Waals surface area contributed by atoms with Gasteiger partial charge in [-0.15, -0.1) is 0 Å². The van der Waals surface area contributed by atoms with Crippen LogP contribution in [0.1, 0.15) is 59.9 Å². The molecule has 0 aromatic heterocycles. The zero-order valence-corrected chi connectivity index (χ0v) is 21.5. The summed E-state index contributed by atoms with van der Waals surface area (Å²) in [6, 6.07) is 20.1. The first-order chi connectivity index (χ1) is 17.8. The lowest BCUT2D eigenvalue weighted by Gasteiger charge is -2.30. The third-order valence-electron chi connectivity index (χ3n) is 6.70. The van der Waals surface area contributed by atoms with E-state index in [1.807, 2.05) is 12.2 Å². The third-order valence-corrected chi connectivity index (χ3v) is 6.70. The van der Waals surface area contributed by atoms with Crippen LogP contribution in [0.15, 0.2) is 109 Å². The fourth-order valence-corrected chi connectivity index (χ4v) is 4.32. The van der Waals surface area contributed by atoms with Gasteiger partial charge in [0.2, 0.25) is 0 Å². The summed E-state index contributed by atoms with van der Waals surface area (Å²) in [4.78, 5) is 25.6. The van der Waals surface area contributed by atoms with Crippen molar-refractivity contribution >= 4 is 11.6 Å². The Morgan fingerprint density at radius 2 is 1.38 bits per heavy atom. The van der Waals surface area contributed by atoms with Gasteiger partial charge < -0.3 is 9.84 Å². The average Bonchev–Trinajstić information content (AvgIpc) is 2.92. The maximum absolute atomic E-state index is 13.0. The Hall–Kier alpha value is -4.18. The summed E-state index contributed by atoms with van der Waals surface area (Å²) in [5.74, 6) is 1.54. The van der Waals surface area contributed by atoms with E-state index in [2.05, 4.69) is 39.0 Å². The number of ether oxygens (including phenoxy) is 1. The quantitative estimate of drug-likeness (QED) is 0.242. The third kappa shape index (κ3) is 6.34. The Balaban J connectivity index is 1.37. The van der Waals surface area contributed by atoms with Crippen LogP contribution >= 0.6 is 0 Å². The van der Waals surface area contributed by atoms with Gasteiger partial charge in [0.15, 0.2) is 11.6 Å². The predicted octanol–water partition coefficient (Wildman–Crippen LogP) is 8.09. The Bertz CT molecular complexity index is 1340. The van der Waals surface area contributed by atoms with Crippen LogP contribution in [0.2, 0.25) is 0 Å². The van der Waals surface area contributed by atoms with Gasteiger partial charge in [-0.2, -0.15) is 0 Å². The van der Waals surface area contributed by atoms with Gasteiger partial charge in [-0.25, -0.2) is 0 Å². The van der Waals surface area contributed by atoms with Gasteiger partial charge in [-0.05, 0) is 97.0 Å². The largest absolute Gasteiger partial charge is 0.508 e. The van der Waals surface area contributed by atoms with Gasteiger partial charge in [-0.1, -0.05) is 51.2 Å². The van der Waals surface area contributed by atoms with E-state index in [1.165, 1.54) is 12.1 Å². The molecule has 1 aliphatic rings. The van der Waals surface area contributed by atoms with E-state index in [0.29, 0.717) is 39.7 Å². The lowest BCUT2D eigenvalue weighted by atomic mass is 9.74. The van der Waals surface area contributed by atoms with Crippen LogP contribution in [0, 0.1) is 11.3 Å². The molecule has 4 nitrogen and oxygen atoms in total. The average molecular weight is 493 g/mol. The summed E-state index contributed by atoms with van der Waals surface area (Å²) in [5, 5.41) is 9.40. The molecule has 3 aromatic carbocycles. The standard InChI is InChI=1S/C33H32O4/c1-4-5-22-33(2,3)27-14-6-23(7-15-27)31(35)25-10-18-29(19-11-25)37-30-20-12-26(13-21-30)32(36)24-8-16-28(34)17-9-24/h5-14,16-22,27,34H,4,15H2,1-3H3. The summed E-state index contributed by atoms with van der Waals surface area (Å²) in [7, 11) is 0. The molecule has 1 atom stereocenters. The van der Waals surface area contributed by atoms with Crippen molar-refractivity contribution in [2.75, 3.05) is 0 Å². The summed E-state index contributed by atoms with van der Waals surface area (Å²) >= 11 is 0. The molecule has 188 valence electrons. The number of carbonyl (C=O) groups is 2. The molecule has 1 aliphatic carbocycles. The number of allylic oxidation sites excluding steroid dienone is 6. The predicted molar refractivity (Wildman–Crippen MR) is 147 cm³/mol. The van der Waals surface area contributed by atoms with E-state index in [1.54, 1.807) is 60.7 Å². The number of aromatic hydroxyl groups is 1. The Kier molecular flexibility index (Phi) is 7.88. The molecule has 0 bridgehead atoms. The van der Waals surface area contributed by atoms with Crippen LogP contribution in [-0.4, -0.2) is 16.7 Å². The summed E-state index contributed by atoms with van der Waals surface area (Å²) in [6.45, 7) is 6.60. The van der Waals surface area contributed by atoms with Crippen molar-refractivity contribution in [3.63, 3.8) is 0 Å². The lowest BCUT2D eigenvalue weighted by molar-refractivity contribution is 0.103. The highest BCUT2D eigenvalue weighted by atomic mass is 16.5. The molecule has 37 heavy (non-hydrogen) atoms. The van der Waals surface area contributed by atoms with Crippen LogP contribution in [0.3, 0.4) is 0 Å². The van der Waals surface area contributed by atoms with Crippen molar-refractivity contribution in [3.8, 4) is 17.2 Å². The van der Waals surface area contributed by atoms with Crippen LogP contribution < -0.4 is 4.74 Å². The Morgan fingerprint density at radius 3 is 1.86 bits per heavy atom. The van der Waals surface area contributed by atoms with Gasteiger partial charge in [0, 0.05) is 22.3 Å². The number of hydrogen-bond donors (Lipinski definition) is 1. The molecule has 4 heteroatoms. The van der Waals surface area contributed by atoms with E-state index >= 15 is 0 Å². The SMILES string of the molecule is CCC=CC(C)(C)C1C=CC(C(=O)c2ccc(Oc3ccc(C(=O)c4ccc(O)cc4)cc3)cc2)=CC1. The number of phenols is 1. The number of phenolic OH excluding ortho intramolecular Hbond substituents is 1. The monoisotopic (exact) mass is 492 g/mol. The highest BCUT2D eigenvalue weighted by Gasteiger charge is 2.26. The zero-order chi connectivity index (χ0) is 26.4. The number of hydrogen-bond acceptors (Lipinski definition) is 4. The van der Waals surface area contributed by atoms with Crippen LogP contribution in [0.25, 0.3) is 0 Å². The summed E-state index contributed by atoms with van der Waals surface area (Å²) in [6.07, 6.45) is 12.5. The minimum absolute atomic E-state index is 0.000234. The smallest absolute Gasteiger partial charge is 0.193 e. The van der Waals surface area contributed by atoms with Crippen molar-refractivity contribution in [3.05, 3.63) is 125 Å². The highest BCUT2D eigenvalue weighted by molar-refractivity contribution is 6.10. The molecular formula is C33H32O4. The molecular weight excluding hydrogens is 460 g/mol. The van der Waals surface area contributed by atoms with Gasteiger partial charge in [0.05, 0.1) is 0 Å². The zero-order valence-electron chi connectivity index (χ0n) is 21.5. The molecule has 1 N–H and O–H groups in total. The highest BCUT2D eigenvalue weighted by Crippen LogP contribution is 2.36. The number of rotatable bonds is 9. The van der Waals surface area contributed by atoms with E-state index in [9.17, 15) is 14.7 Å². The number of Topliss-reactive ketones (excluding diaryl/α,β-unsaturated/α-hetero) is 1. The fraction of sp³-hybridized carbons (Fsp3) is 0.212. The summed E-state index contributed by atoms with van der Waals surface area (Å²) < 4.78 is 5.91. The Morgan fingerprint density at radius 1 is 0.865 bits per heavy atom. The van der Waals surface area contributed by atoms with Crippen molar-refractivity contribution < 1.29 is 19.4 Å². The van der Waals surface area contributed by atoms with Gasteiger partial charge >= 0.3 is 0 Å². The fourth-order valence-electron chi connectivity index (χ4n) is 4.32. The molecule has 0 amide bonds.